The maximum atomic E-state index is 13.1. The van der Waals surface area contributed by atoms with E-state index in [1.165, 1.54) is 0 Å². The molecule has 1 aliphatic heterocycles. The molecule has 7 heteroatoms. The summed E-state index contributed by atoms with van der Waals surface area (Å²) in [5.74, 6) is 1.07. The highest BCUT2D eigenvalue weighted by atomic mass is 35.5. The van der Waals surface area contributed by atoms with E-state index < -0.39 is 12.1 Å². The Labute approximate surface area is 156 Å². The summed E-state index contributed by atoms with van der Waals surface area (Å²) in [4.78, 5) is 23.5. The number of carbonyl (C=O) groups is 1. The van der Waals surface area contributed by atoms with E-state index in [1.807, 2.05) is 18.2 Å². The number of carbonyl (C=O) groups excluding carboxylic acids is 1. The lowest BCUT2D eigenvalue weighted by Gasteiger charge is -2.41. The smallest absolute Gasteiger partial charge is 0.257 e. The molecule has 6 nitrogen and oxygen atoms in total. The number of aliphatic hydroxyl groups excluding tert-OH is 1. The molecule has 26 heavy (non-hydrogen) atoms. The highest BCUT2D eigenvalue weighted by molar-refractivity contribution is 6.31. The van der Waals surface area contributed by atoms with Crippen LogP contribution in [-0.4, -0.2) is 51.7 Å². The Morgan fingerprint density at radius 3 is 2.65 bits per heavy atom. The Morgan fingerprint density at radius 2 is 2.00 bits per heavy atom. The lowest BCUT2D eigenvalue weighted by molar-refractivity contribution is -0.0811. The minimum Gasteiger partial charge on any atom is -0.394 e. The molecule has 0 radical (unpaired) electrons. The number of benzene rings is 1. The first-order valence-electron chi connectivity index (χ1n) is 8.79. The van der Waals surface area contributed by atoms with Gasteiger partial charge < -0.3 is 14.7 Å². The number of aromatic nitrogens is 2. The SMILES string of the molecule is O=C(c1cnc(C2CC2)nc1)N1CCO[C@@H](CO)[C@@H]1c1ccccc1Cl. The maximum absolute atomic E-state index is 13.1. The fourth-order valence-corrected chi connectivity index (χ4v) is 3.61. The van der Waals surface area contributed by atoms with Crippen LogP contribution in [0.15, 0.2) is 36.7 Å². The first-order chi connectivity index (χ1) is 12.7. The van der Waals surface area contributed by atoms with E-state index in [9.17, 15) is 9.90 Å². The predicted octanol–water partition coefficient (Wildman–Crippen LogP) is 2.58. The molecule has 2 fully saturated rings. The minimum atomic E-state index is -0.528. The average Bonchev–Trinajstić information content (AvgIpc) is 3.53. The van der Waals surface area contributed by atoms with Crippen molar-refractivity contribution in [3.63, 3.8) is 0 Å². The van der Waals surface area contributed by atoms with Crippen LogP contribution >= 0.6 is 11.6 Å². The Hall–Kier alpha value is -2.02. The lowest BCUT2D eigenvalue weighted by atomic mass is 9.97. The number of halogens is 1. The third-order valence-electron chi connectivity index (χ3n) is 4.88. The monoisotopic (exact) mass is 373 g/mol. The van der Waals surface area contributed by atoms with Gasteiger partial charge in [0.1, 0.15) is 11.9 Å². The molecular formula is C19H20ClN3O3. The predicted molar refractivity (Wildman–Crippen MR) is 96.1 cm³/mol. The van der Waals surface area contributed by atoms with Crippen LogP contribution in [-0.2, 0) is 4.74 Å². The molecule has 2 heterocycles. The molecule has 1 saturated heterocycles. The van der Waals surface area contributed by atoms with Crippen LogP contribution in [0.4, 0.5) is 0 Å². The molecule has 0 bridgehead atoms. The van der Waals surface area contributed by atoms with Gasteiger partial charge in [-0.25, -0.2) is 9.97 Å². The van der Waals surface area contributed by atoms with Crippen LogP contribution < -0.4 is 0 Å². The molecule has 1 amide bonds. The maximum Gasteiger partial charge on any atom is 0.257 e. The van der Waals surface area contributed by atoms with Gasteiger partial charge in [0.25, 0.3) is 5.91 Å². The summed E-state index contributed by atoms with van der Waals surface area (Å²) in [5, 5.41) is 10.3. The van der Waals surface area contributed by atoms with Crippen molar-refractivity contribution >= 4 is 17.5 Å². The number of hydrogen-bond acceptors (Lipinski definition) is 5. The van der Waals surface area contributed by atoms with E-state index in [-0.39, 0.29) is 12.5 Å². The summed E-state index contributed by atoms with van der Waals surface area (Å²) in [6.45, 7) is 0.575. The summed E-state index contributed by atoms with van der Waals surface area (Å²) in [7, 11) is 0. The molecule has 0 spiro atoms. The number of nitrogens with zero attached hydrogens (tertiary/aromatic N) is 3. The van der Waals surface area contributed by atoms with Gasteiger partial charge >= 0.3 is 0 Å². The lowest BCUT2D eigenvalue weighted by Crippen LogP contribution is -2.49. The van der Waals surface area contributed by atoms with Crippen molar-refractivity contribution < 1.29 is 14.6 Å². The number of ether oxygens (including phenoxy) is 1. The summed E-state index contributed by atoms with van der Waals surface area (Å²) in [6.07, 6.45) is 4.89. The zero-order valence-corrected chi connectivity index (χ0v) is 15.0. The van der Waals surface area contributed by atoms with Crippen molar-refractivity contribution in [1.29, 1.82) is 0 Å². The first kappa shape index (κ1) is 17.4. The van der Waals surface area contributed by atoms with Gasteiger partial charge in [0, 0.05) is 29.9 Å². The molecule has 4 rings (SSSR count). The Morgan fingerprint density at radius 1 is 1.27 bits per heavy atom. The second-order valence-electron chi connectivity index (χ2n) is 6.66. The van der Waals surface area contributed by atoms with Crippen molar-refractivity contribution in [1.82, 2.24) is 14.9 Å². The zero-order chi connectivity index (χ0) is 18.1. The van der Waals surface area contributed by atoms with Crippen molar-refractivity contribution in [2.45, 2.75) is 30.9 Å². The third kappa shape index (κ3) is 3.32. The number of rotatable bonds is 4. The quantitative estimate of drug-likeness (QED) is 0.891. The third-order valence-corrected chi connectivity index (χ3v) is 5.22. The second kappa shape index (κ2) is 7.31. The molecular weight excluding hydrogens is 354 g/mol. The zero-order valence-electron chi connectivity index (χ0n) is 14.2. The van der Waals surface area contributed by atoms with Gasteiger partial charge in [0.2, 0.25) is 0 Å². The number of hydrogen-bond donors (Lipinski definition) is 1. The molecule has 2 aromatic rings. The summed E-state index contributed by atoms with van der Waals surface area (Å²) in [6, 6.07) is 6.87. The van der Waals surface area contributed by atoms with Gasteiger partial charge in [0.15, 0.2) is 0 Å². The van der Waals surface area contributed by atoms with Crippen LogP contribution in [0.5, 0.6) is 0 Å². The largest absolute Gasteiger partial charge is 0.394 e. The summed E-state index contributed by atoms with van der Waals surface area (Å²) in [5.41, 5.74) is 1.20. The number of morpholine rings is 1. The van der Waals surface area contributed by atoms with Gasteiger partial charge in [-0.05, 0) is 24.5 Å². The standard InChI is InChI=1S/C19H20ClN3O3/c20-15-4-2-1-3-14(15)17-16(11-24)26-8-7-23(17)19(25)13-9-21-18(22-10-13)12-5-6-12/h1-4,9-10,12,16-17,24H,5-8,11H2/t16-,17-/m0/s1. The van der Waals surface area contributed by atoms with E-state index in [2.05, 4.69) is 9.97 Å². The molecule has 1 aromatic heterocycles. The molecule has 1 aliphatic carbocycles. The molecule has 1 saturated carbocycles. The topological polar surface area (TPSA) is 75.6 Å². The second-order valence-corrected chi connectivity index (χ2v) is 7.07. The summed E-state index contributed by atoms with van der Waals surface area (Å²) >= 11 is 6.36. The van der Waals surface area contributed by atoms with Crippen LogP contribution in [0, 0.1) is 0 Å². The van der Waals surface area contributed by atoms with E-state index in [1.54, 1.807) is 23.4 Å². The van der Waals surface area contributed by atoms with Crippen LogP contribution in [0.3, 0.4) is 0 Å². The highest BCUT2D eigenvalue weighted by Gasteiger charge is 2.37. The number of aliphatic hydroxyl groups is 1. The Balaban J connectivity index is 1.65. The van der Waals surface area contributed by atoms with Crippen LogP contribution in [0.1, 0.15) is 46.5 Å². The Bertz CT molecular complexity index is 795. The molecule has 2 aliphatic rings. The Kier molecular flexibility index (Phi) is 4.89. The van der Waals surface area contributed by atoms with Gasteiger partial charge in [-0.3, -0.25) is 4.79 Å². The van der Waals surface area contributed by atoms with Crippen molar-refractivity contribution in [3.8, 4) is 0 Å². The average molecular weight is 374 g/mol. The van der Waals surface area contributed by atoms with E-state index in [4.69, 9.17) is 16.3 Å². The molecule has 1 aromatic carbocycles. The van der Waals surface area contributed by atoms with Crippen LogP contribution in [0.25, 0.3) is 0 Å². The first-order valence-corrected chi connectivity index (χ1v) is 9.16. The van der Waals surface area contributed by atoms with Crippen LogP contribution in [0.2, 0.25) is 5.02 Å². The summed E-state index contributed by atoms with van der Waals surface area (Å²) < 4.78 is 5.69. The van der Waals surface area contributed by atoms with Crippen molar-refractivity contribution in [3.05, 3.63) is 58.6 Å². The highest BCUT2D eigenvalue weighted by Crippen LogP contribution is 2.38. The normalized spacial score (nSPS) is 23.1. The number of amides is 1. The molecule has 1 N–H and O–H groups in total. The van der Waals surface area contributed by atoms with E-state index in [0.717, 1.165) is 24.2 Å². The molecule has 136 valence electrons. The van der Waals surface area contributed by atoms with Crippen molar-refractivity contribution in [2.75, 3.05) is 19.8 Å². The molecule has 0 unspecified atom stereocenters. The molecule has 2 atom stereocenters. The fraction of sp³-hybridized carbons (Fsp3) is 0.421. The van der Waals surface area contributed by atoms with Gasteiger partial charge in [0.05, 0.1) is 24.8 Å². The van der Waals surface area contributed by atoms with E-state index >= 15 is 0 Å². The van der Waals surface area contributed by atoms with Gasteiger partial charge in [-0.1, -0.05) is 29.8 Å². The van der Waals surface area contributed by atoms with Gasteiger partial charge in [-0.2, -0.15) is 0 Å². The van der Waals surface area contributed by atoms with E-state index in [0.29, 0.717) is 29.7 Å². The fourth-order valence-electron chi connectivity index (χ4n) is 3.36. The van der Waals surface area contributed by atoms with Gasteiger partial charge in [-0.15, -0.1) is 0 Å². The van der Waals surface area contributed by atoms with Crippen molar-refractivity contribution in [2.24, 2.45) is 0 Å². The minimum absolute atomic E-state index is 0.181.